The number of amides is 1. The molecule has 3 atom stereocenters. The number of piperidine rings is 1. The standard InChI is InChI=1S/C22H27N5O.C8H19N.C2H2O.C2H6.CH2O/c1-14-8-9-18(23-4)17(11-14)22(28)26-10-6-5-7-20(26)19-12-21-24-16(3)15(2)13-27(21)25-19;1-5-7(3)9-8(4)6-2;1-2-3;2*1-2/h8-9,11-13,20,23H,5-7,10H2,1-4H3;7-9H,5-6H2,1-4H3;1H2;1-2H3;1H2/t20-;;;;/m0..../s1. The normalized spacial score (nSPS) is 14.9. The number of rotatable bonds is 7. The van der Waals surface area contributed by atoms with Crippen LogP contribution in [-0.2, 0) is 9.59 Å². The van der Waals surface area contributed by atoms with E-state index in [2.05, 4.69) is 49.9 Å². The van der Waals surface area contributed by atoms with Gasteiger partial charge in [0, 0.05) is 49.3 Å². The Morgan fingerprint density at radius 1 is 1.07 bits per heavy atom. The summed E-state index contributed by atoms with van der Waals surface area (Å²) < 4.78 is 1.83. The second-order valence-corrected chi connectivity index (χ2v) is 10.6. The second kappa shape index (κ2) is 21.8. The molecule has 0 spiro atoms. The summed E-state index contributed by atoms with van der Waals surface area (Å²) in [7, 11) is 1.85. The average molecular weight is 609 g/mol. The zero-order valence-corrected chi connectivity index (χ0v) is 28.8. The van der Waals surface area contributed by atoms with Crippen LogP contribution in [0.2, 0.25) is 0 Å². The highest BCUT2D eigenvalue weighted by Crippen LogP contribution is 2.33. The maximum absolute atomic E-state index is 13.5. The van der Waals surface area contributed by atoms with Gasteiger partial charge in [0.15, 0.2) is 5.65 Å². The van der Waals surface area contributed by atoms with Crippen molar-refractivity contribution in [3.63, 3.8) is 0 Å². The lowest BCUT2D eigenvalue weighted by Gasteiger charge is -2.35. The zero-order valence-electron chi connectivity index (χ0n) is 28.8. The molecule has 4 rings (SSSR count). The average Bonchev–Trinajstić information content (AvgIpc) is 3.45. The quantitative estimate of drug-likeness (QED) is 0.276. The van der Waals surface area contributed by atoms with Crippen LogP contribution >= 0.6 is 0 Å². The minimum absolute atomic E-state index is 0.0196. The van der Waals surface area contributed by atoms with Crippen LogP contribution in [0, 0.1) is 20.8 Å². The highest BCUT2D eigenvalue weighted by molar-refractivity contribution is 6.00. The molecule has 9 nitrogen and oxygen atoms in total. The van der Waals surface area contributed by atoms with Gasteiger partial charge in [-0.2, -0.15) is 5.10 Å². The molecule has 3 aromatic rings. The molecule has 2 N–H and O–H groups in total. The van der Waals surface area contributed by atoms with Gasteiger partial charge < -0.3 is 20.3 Å². The Labute approximate surface area is 265 Å². The van der Waals surface area contributed by atoms with Crippen molar-refractivity contribution < 1.29 is 14.4 Å². The molecule has 1 aromatic carbocycles. The van der Waals surface area contributed by atoms with Crippen molar-refractivity contribution in [3.05, 3.63) is 65.1 Å². The first-order valence-corrected chi connectivity index (χ1v) is 15.7. The van der Waals surface area contributed by atoms with E-state index in [1.165, 1.54) is 18.8 Å². The van der Waals surface area contributed by atoms with Crippen molar-refractivity contribution in [1.29, 1.82) is 0 Å². The van der Waals surface area contributed by atoms with E-state index in [0.717, 1.165) is 65.2 Å². The maximum Gasteiger partial charge on any atom is 0.256 e. The Bertz CT molecular complexity index is 1250. The van der Waals surface area contributed by atoms with E-state index in [0.29, 0.717) is 12.1 Å². The Morgan fingerprint density at radius 3 is 2.20 bits per heavy atom. The highest BCUT2D eigenvalue weighted by atomic mass is 16.2. The minimum atomic E-state index is -0.0196. The predicted octanol–water partition coefficient (Wildman–Crippen LogP) is 7.08. The van der Waals surface area contributed by atoms with Crippen molar-refractivity contribution in [2.45, 2.75) is 113 Å². The summed E-state index contributed by atoms with van der Waals surface area (Å²) in [4.78, 5) is 36.7. The molecule has 9 heteroatoms. The van der Waals surface area contributed by atoms with Gasteiger partial charge in [0.1, 0.15) is 12.7 Å². The lowest BCUT2D eigenvalue weighted by Crippen LogP contribution is -2.39. The number of hydrogen-bond acceptors (Lipinski definition) is 7. The number of carbonyl (C=O) groups is 2. The summed E-state index contributed by atoms with van der Waals surface area (Å²) in [6.07, 6.45) is 7.51. The smallest absolute Gasteiger partial charge is 0.256 e. The summed E-state index contributed by atoms with van der Waals surface area (Å²) in [5, 5.41) is 11.4. The fourth-order valence-electron chi connectivity index (χ4n) is 4.69. The van der Waals surface area contributed by atoms with E-state index in [1.807, 2.05) is 88.3 Å². The molecule has 0 radical (unpaired) electrons. The zero-order chi connectivity index (χ0) is 33.8. The third-order valence-electron chi connectivity index (χ3n) is 7.48. The minimum Gasteiger partial charge on any atom is -0.387 e. The van der Waals surface area contributed by atoms with Crippen molar-refractivity contribution in [1.82, 2.24) is 24.8 Å². The molecule has 1 aliphatic heterocycles. The Morgan fingerprint density at radius 2 is 1.66 bits per heavy atom. The van der Waals surface area contributed by atoms with Crippen LogP contribution in [0.25, 0.3) is 5.65 Å². The number of fused-ring (bicyclic) bond motifs is 1. The topological polar surface area (TPSA) is 109 Å². The molecule has 0 aliphatic carbocycles. The number of anilines is 1. The maximum atomic E-state index is 13.5. The van der Waals surface area contributed by atoms with E-state index in [4.69, 9.17) is 14.7 Å². The highest BCUT2D eigenvalue weighted by Gasteiger charge is 2.31. The first-order chi connectivity index (χ1) is 21.1. The molecule has 1 aliphatic rings. The van der Waals surface area contributed by atoms with Gasteiger partial charge in [-0.1, -0.05) is 39.3 Å². The lowest BCUT2D eigenvalue weighted by atomic mass is 9.97. The first kappa shape index (κ1) is 40.2. The number of hydrogen-bond donors (Lipinski definition) is 2. The Hall–Kier alpha value is -3.81. The summed E-state index contributed by atoms with van der Waals surface area (Å²) in [6.45, 7) is 24.4. The van der Waals surface area contributed by atoms with E-state index in [9.17, 15) is 4.79 Å². The van der Waals surface area contributed by atoms with E-state index in [-0.39, 0.29) is 11.9 Å². The van der Waals surface area contributed by atoms with Crippen LogP contribution in [0.3, 0.4) is 0 Å². The van der Waals surface area contributed by atoms with E-state index >= 15 is 0 Å². The molecular formula is C35H56N6O3. The molecule has 1 amide bonds. The monoisotopic (exact) mass is 608 g/mol. The van der Waals surface area contributed by atoms with Crippen LogP contribution < -0.4 is 10.6 Å². The molecular weight excluding hydrogens is 552 g/mol. The fourth-order valence-corrected chi connectivity index (χ4v) is 4.69. The number of aryl methyl sites for hydroxylation is 3. The summed E-state index contributed by atoms with van der Waals surface area (Å²) >= 11 is 0. The van der Waals surface area contributed by atoms with Crippen LogP contribution in [0.5, 0.6) is 0 Å². The largest absolute Gasteiger partial charge is 0.387 e. The summed E-state index contributed by atoms with van der Waals surface area (Å²) in [6, 6.07) is 9.33. The second-order valence-electron chi connectivity index (χ2n) is 10.6. The number of benzene rings is 1. The van der Waals surface area contributed by atoms with Crippen molar-refractivity contribution >= 4 is 30.0 Å². The molecule has 1 fully saturated rings. The van der Waals surface area contributed by atoms with Gasteiger partial charge in [-0.15, -0.1) is 0 Å². The lowest BCUT2D eigenvalue weighted by molar-refractivity contribution is -0.0980. The van der Waals surface area contributed by atoms with Gasteiger partial charge in [0.05, 0.1) is 17.3 Å². The van der Waals surface area contributed by atoms with Crippen molar-refractivity contribution in [3.8, 4) is 0 Å². The van der Waals surface area contributed by atoms with Crippen molar-refractivity contribution in [2.24, 2.45) is 0 Å². The SMILES string of the molecule is C=C=O.C=O.CC.CCC(C)NC(C)CC.CNc1ccc(C)cc1C(=O)N1CCCC[C@H]1c1cc2nc(C)c(C)cn2n1. The third-order valence-corrected chi connectivity index (χ3v) is 7.48. The summed E-state index contributed by atoms with van der Waals surface area (Å²) in [5.41, 5.74) is 6.54. The van der Waals surface area contributed by atoms with Crippen LogP contribution in [0.1, 0.15) is 113 Å². The molecule has 44 heavy (non-hydrogen) atoms. The van der Waals surface area contributed by atoms with E-state index < -0.39 is 0 Å². The molecule has 0 bridgehead atoms. The summed E-state index contributed by atoms with van der Waals surface area (Å²) in [5.74, 6) is 1.31. The molecule has 0 saturated carbocycles. The van der Waals surface area contributed by atoms with Gasteiger partial charge in [-0.05, 0) is 91.0 Å². The van der Waals surface area contributed by atoms with Gasteiger partial charge in [0.25, 0.3) is 5.91 Å². The van der Waals surface area contributed by atoms with Crippen molar-refractivity contribution in [2.75, 3.05) is 18.9 Å². The van der Waals surface area contributed by atoms with Crippen LogP contribution in [0.4, 0.5) is 5.69 Å². The first-order valence-electron chi connectivity index (χ1n) is 15.7. The molecule has 3 heterocycles. The molecule has 244 valence electrons. The fraction of sp³-hybridized carbons (Fsp3) is 0.543. The third kappa shape index (κ3) is 12.1. The van der Waals surface area contributed by atoms with Gasteiger partial charge in [-0.25, -0.2) is 14.3 Å². The Balaban J connectivity index is 0.000000973. The van der Waals surface area contributed by atoms with Crippen LogP contribution in [0.15, 0.2) is 37.0 Å². The molecule has 2 unspecified atom stereocenters. The van der Waals surface area contributed by atoms with Gasteiger partial charge in [-0.3, -0.25) is 4.79 Å². The number of likely N-dealkylation sites (tertiary alicyclic amines) is 1. The molecule has 1 saturated heterocycles. The number of nitrogens with one attached hydrogen (secondary N) is 2. The Kier molecular flexibility index (Phi) is 19.9. The number of nitrogens with zero attached hydrogens (tertiary/aromatic N) is 4. The number of carbonyl (C=O) groups excluding carboxylic acids is 3. The van der Waals surface area contributed by atoms with E-state index in [1.54, 1.807) is 0 Å². The van der Waals surface area contributed by atoms with Gasteiger partial charge in [0.2, 0.25) is 0 Å². The predicted molar refractivity (Wildman–Crippen MR) is 183 cm³/mol. The molecule has 2 aromatic heterocycles. The number of aromatic nitrogens is 3. The van der Waals surface area contributed by atoms with Gasteiger partial charge >= 0.3 is 0 Å². The van der Waals surface area contributed by atoms with Crippen LogP contribution in [-0.4, -0.2) is 63.8 Å².